The van der Waals surface area contributed by atoms with Crippen molar-refractivity contribution in [2.24, 2.45) is 0 Å². The zero-order valence-electron chi connectivity index (χ0n) is 20.7. The number of halogens is 8. The average molecular weight is 570 g/mol. The van der Waals surface area contributed by atoms with E-state index in [0.29, 0.717) is 0 Å². The van der Waals surface area contributed by atoms with Crippen LogP contribution in [-0.2, 0) is 38.1 Å². The van der Waals surface area contributed by atoms with Gasteiger partial charge in [0.25, 0.3) is 0 Å². The molecule has 0 saturated carbocycles. The molecule has 0 rings (SSSR count). The molecule has 2 atom stereocenters. The maximum Gasteiger partial charge on any atom is 0.381 e. The van der Waals surface area contributed by atoms with E-state index in [0.717, 1.165) is 27.7 Å². The molecule has 0 N–H and O–H groups in total. The lowest BCUT2D eigenvalue weighted by Gasteiger charge is -2.29. The third-order valence-electron chi connectivity index (χ3n) is 4.59. The highest BCUT2D eigenvalue weighted by Gasteiger charge is 2.61. The molecule has 0 fully saturated rings. The van der Waals surface area contributed by atoms with Crippen LogP contribution >= 0.6 is 0 Å². The summed E-state index contributed by atoms with van der Waals surface area (Å²) in [5, 5.41) is 0. The van der Waals surface area contributed by atoms with Gasteiger partial charge >= 0.3 is 47.6 Å². The van der Waals surface area contributed by atoms with Crippen molar-refractivity contribution >= 4 is 23.9 Å². The monoisotopic (exact) mass is 570 g/mol. The quantitative estimate of drug-likeness (QED) is 0.123. The molecule has 0 heterocycles. The summed E-state index contributed by atoms with van der Waals surface area (Å²) in [5.41, 5.74) is -0.698. The van der Waals surface area contributed by atoms with Crippen LogP contribution in [0.25, 0.3) is 0 Å². The fraction of sp³-hybridized carbons (Fsp3) is 0.636. The van der Waals surface area contributed by atoms with Gasteiger partial charge in [-0.25, -0.2) is 19.2 Å². The van der Waals surface area contributed by atoms with Crippen molar-refractivity contribution in [1.29, 1.82) is 0 Å². The van der Waals surface area contributed by atoms with E-state index in [-0.39, 0.29) is 11.1 Å². The molecule has 8 nitrogen and oxygen atoms in total. The van der Waals surface area contributed by atoms with Crippen molar-refractivity contribution in [2.75, 3.05) is 13.2 Å². The topological polar surface area (TPSA) is 105 Å². The van der Waals surface area contributed by atoms with E-state index >= 15 is 0 Å². The number of carbonyl (C=O) groups is 4. The third kappa shape index (κ3) is 8.68. The average Bonchev–Trinajstić information content (AvgIpc) is 2.81. The molecule has 0 radical (unpaired) electrons. The molecule has 0 aromatic heterocycles. The normalized spacial score (nSPS) is 14.1. The number of rotatable bonds is 15. The summed E-state index contributed by atoms with van der Waals surface area (Å²) in [6.07, 6.45) is -6.50. The number of esters is 4. The minimum absolute atomic E-state index is 0.349. The number of hydrogen-bond donors (Lipinski definition) is 0. The number of ether oxygens (including phenoxy) is 4. The van der Waals surface area contributed by atoms with Gasteiger partial charge < -0.3 is 18.9 Å². The van der Waals surface area contributed by atoms with Gasteiger partial charge in [-0.15, -0.1) is 0 Å². The molecule has 0 saturated heterocycles. The van der Waals surface area contributed by atoms with Gasteiger partial charge in [0.15, 0.2) is 25.4 Å². The molecular weight excluding hydrogens is 544 g/mol. The lowest BCUT2D eigenvalue weighted by atomic mass is 10.1. The maximum absolute atomic E-state index is 14.2. The minimum Gasteiger partial charge on any atom is -0.454 e. The number of hydrogen-bond acceptors (Lipinski definition) is 8. The van der Waals surface area contributed by atoms with E-state index in [4.69, 9.17) is 0 Å². The lowest BCUT2D eigenvalue weighted by Crippen LogP contribution is -2.52. The molecule has 0 bridgehead atoms. The van der Waals surface area contributed by atoms with Crippen LogP contribution in [-0.4, -0.2) is 73.0 Å². The van der Waals surface area contributed by atoms with Crippen molar-refractivity contribution in [3.63, 3.8) is 0 Å². The highest BCUT2D eigenvalue weighted by molar-refractivity contribution is 5.88. The molecule has 16 heteroatoms. The Morgan fingerprint density at radius 3 is 1.11 bits per heavy atom. The Morgan fingerprint density at radius 1 is 0.632 bits per heavy atom. The first-order chi connectivity index (χ1) is 17.1. The number of carbonyl (C=O) groups excluding carboxylic acids is 4. The standard InChI is InChI=1S/C22H26F8O8/c1-7-13(37-15(31)11(3)4)21(27,28)17(33)35-9-19(23,24)20(25,26)10-36-18(34)22(29,30)14(8-2)38-16(32)12(5)6/h13-14H,3,5,7-10H2,1-2,4,6H3. The van der Waals surface area contributed by atoms with E-state index < -0.39 is 85.8 Å². The van der Waals surface area contributed by atoms with Crippen molar-refractivity contribution in [1.82, 2.24) is 0 Å². The SMILES string of the molecule is C=C(C)C(=O)OC(CC)C(F)(F)C(=O)OCC(F)(F)C(F)(F)COC(=O)C(F)(F)C(CC)OC(=O)C(=C)C. The van der Waals surface area contributed by atoms with Gasteiger partial charge in [0.05, 0.1) is 0 Å². The van der Waals surface area contributed by atoms with Crippen LogP contribution in [0.15, 0.2) is 24.3 Å². The van der Waals surface area contributed by atoms with Gasteiger partial charge in [-0.05, 0) is 26.7 Å². The Labute approximate surface area is 211 Å². The fourth-order valence-electron chi connectivity index (χ4n) is 2.27. The zero-order chi connectivity index (χ0) is 30.3. The van der Waals surface area contributed by atoms with Gasteiger partial charge in [0.2, 0.25) is 0 Å². The van der Waals surface area contributed by atoms with Gasteiger partial charge in [-0.1, -0.05) is 27.0 Å². The highest BCUT2D eigenvalue weighted by atomic mass is 19.3. The molecular formula is C22H26F8O8. The molecule has 0 aromatic carbocycles. The zero-order valence-corrected chi connectivity index (χ0v) is 20.7. The van der Waals surface area contributed by atoms with Crippen LogP contribution in [0.1, 0.15) is 40.5 Å². The Bertz CT molecular complexity index is 858. The van der Waals surface area contributed by atoms with Crippen molar-refractivity contribution in [3.8, 4) is 0 Å². The van der Waals surface area contributed by atoms with Gasteiger partial charge in [-0.2, -0.15) is 35.1 Å². The molecule has 218 valence electrons. The van der Waals surface area contributed by atoms with Crippen molar-refractivity contribution in [3.05, 3.63) is 24.3 Å². The minimum atomic E-state index is -5.50. The van der Waals surface area contributed by atoms with Crippen LogP contribution in [0.5, 0.6) is 0 Å². The molecule has 38 heavy (non-hydrogen) atoms. The summed E-state index contributed by atoms with van der Waals surface area (Å²) in [7, 11) is 0. The molecule has 0 aliphatic carbocycles. The lowest BCUT2D eigenvalue weighted by molar-refractivity contribution is -0.258. The molecule has 0 aliphatic rings. The Kier molecular flexibility index (Phi) is 11.9. The molecule has 0 amide bonds. The van der Waals surface area contributed by atoms with E-state index in [1.165, 1.54) is 0 Å². The third-order valence-corrected chi connectivity index (χ3v) is 4.59. The van der Waals surface area contributed by atoms with E-state index in [2.05, 4.69) is 32.1 Å². The van der Waals surface area contributed by atoms with Crippen LogP contribution in [0.2, 0.25) is 0 Å². The van der Waals surface area contributed by atoms with Crippen LogP contribution in [0.3, 0.4) is 0 Å². The summed E-state index contributed by atoms with van der Waals surface area (Å²) in [6.45, 7) is 5.04. The van der Waals surface area contributed by atoms with Crippen LogP contribution in [0.4, 0.5) is 35.1 Å². The predicted octanol–water partition coefficient (Wildman–Crippen LogP) is 4.41. The molecule has 0 aliphatic heterocycles. The highest BCUT2D eigenvalue weighted by Crippen LogP contribution is 2.37. The Morgan fingerprint density at radius 2 is 0.895 bits per heavy atom. The maximum atomic E-state index is 14.2. The second-order valence-corrected chi connectivity index (χ2v) is 7.97. The fourth-order valence-corrected chi connectivity index (χ4v) is 2.27. The number of alkyl halides is 8. The first-order valence-electron chi connectivity index (χ1n) is 10.7. The summed E-state index contributed by atoms with van der Waals surface area (Å²) in [6, 6.07) is 0. The largest absolute Gasteiger partial charge is 0.454 e. The van der Waals surface area contributed by atoms with E-state index in [9.17, 15) is 54.3 Å². The second kappa shape index (κ2) is 13.0. The summed E-state index contributed by atoms with van der Waals surface area (Å²) < 4.78 is 128. The van der Waals surface area contributed by atoms with Crippen molar-refractivity contribution < 1.29 is 73.2 Å². The smallest absolute Gasteiger partial charge is 0.381 e. The van der Waals surface area contributed by atoms with Crippen LogP contribution < -0.4 is 0 Å². The van der Waals surface area contributed by atoms with Gasteiger partial charge in [0, 0.05) is 11.1 Å². The second-order valence-electron chi connectivity index (χ2n) is 7.97. The first kappa shape index (κ1) is 34.8. The molecule has 0 spiro atoms. The Hall–Kier alpha value is -3.20. The van der Waals surface area contributed by atoms with E-state index in [1.807, 2.05) is 0 Å². The Balaban J connectivity index is 5.38. The predicted molar refractivity (Wildman–Crippen MR) is 112 cm³/mol. The first-order valence-corrected chi connectivity index (χ1v) is 10.7. The molecule has 0 aromatic rings. The molecule has 2 unspecified atom stereocenters. The summed E-state index contributed by atoms with van der Waals surface area (Å²) in [4.78, 5) is 46.1. The van der Waals surface area contributed by atoms with Crippen LogP contribution in [0, 0.1) is 0 Å². The van der Waals surface area contributed by atoms with E-state index in [1.54, 1.807) is 0 Å². The van der Waals surface area contributed by atoms with Gasteiger partial charge in [-0.3, -0.25) is 0 Å². The summed E-state index contributed by atoms with van der Waals surface area (Å²) >= 11 is 0. The summed E-state index contributed by atoms with van der Waals surface area (Å²) in [5.74, 6) is -28.8. The van der Waals surface area contributed by atoms with Gasteiger partial charge in [0.1, 0.15) is 0 Å². The van der Waals surface area contributed by atoms with Crippen molar-refractivity contribution in [2.45, 2.75) is 76.4 Å².